The van der Waals surface area contributed by atoms with E-state index in [1.807, 2.05) is 9.47 Å². The van der Waals surface area contributed by atoms with Gasteiger partial charge in [0.2, 0.25) is 5.43 Å². The maximum atomic E-state index is 15.0. The Morgan fingerprint density at radius 1 is 1.21 bits per heavy atom. The topological polar surface area (TPSA) is 71.8 Å². The molecule has 3 heterocycles. The lowest BCUT2D eigenvalue weighted by atomic mass is 9.78. The van der Waals surface area contributed by atoms with E-state index in [0.29, 0.717) is 11.2 Å². The maximum absolute atomic E-state index is 15.0. The summed E-state index contributed by atoms with van der Waals surface area (Å²) >= 11 is 0. The number of hydrogen-bond acceptors (Lipinski definition) is 4. The lowest BCUT2D eigenvalue weighted by Gasteiger charge is -2.39. The molecular formula is C21H23FN2O4. The van der Waals surface area contributed by atoms with Gasteiger partial charge in [-0.1, -0.05) is 0 Å². The van der Waals surface area contributed by atoms with Crippen molar-refractivity contribution < 1.29 is 19.0 Å². The molecule has 0 atom stereocenters. The molecule has 0 amide bonds. The van der Waals surface area contributed by atoms with Gasteiger partial charge in [-0.2, -0.15) is 0 Å². The van der Waals surface area contributed by atoms with Crippen LogP contribution >= 0.6 is 0 Å². The van der Waals surface area contributed by atoms with Crippen LogP contribution in [-0.4, -0.2) is 41.9 Å². The molecule has 28 heavy (non-hydrogen) atoms. The van der Waals surface area contributed by atoms with E-state index in [1.165, 1.54) is 12.3 Å². The Hall–Kier alpha value is -2.41. The van der Waals surface area contributed by atoms with Crippen molar-refractivity contribution in [2.75, 3.05) is 31.2 Å². The number of carboxylic acid groups (broad SMARTS) is 1. The normalized spacial score (nSPS) is 21.5. The van der Waals surface area contributed by atoms with E-state index >= 15 is 0 Å². The summed E-state index contributed by atoms with van der Waals surface area (Å²) in [6, 6.07) is 3.14. The third-order valence-electron chi connectivity index (χ3n) is 6.62. The quantitative estimate of drug-likeness (QED) is 0.877. The van der Waals surface area contributed by atoms with Crippen molar-refractivity contribution in [2.24, 2.45) is 5.41 Å². The highest BCUT2D eigenvalue weighted by molar-refractivity contribution is 5.93. The minimum Gasteiger partial charge on any atom is -0.477 e. The van der Waals surface area contributed by atoms with Gasteiger partial charge in [-0.3, -0.25) is 4.79 Å². The monoisotopic (exact) mass is 386 g/mol. The highest BCUT2D eigenvalue weighted by Gasteiger charge is 2.38. The SMILES string of the molecule is O=C(O)c1cn(C2CC2)c2cc(N3CCC4(CCOC4)CC3)c(F)cc2c1=O. The van der Waals surface area contributed by atoms with Crippen molar-refractivity contribution in [3.05, 3.63) is 39.9 Å². The number of benzene rings is 1. The molecule has 3 fully saturated rings. The van der Waals surface area contributed by atoms with Gasteiger partial charge in [0, 0.05) is 37.3 Å². The Bertz CT molecular complexity index is 1010. The van der Waals surface area contributed by atoms with Crippen LogP contribution in [-0.2, 0) is 4.74 Å². The number of halogens is 1. The summed E-state index contributed by atoms with van der Waals surface area (Å²) in [6.07, 6.45) is 6.31. The van der Waals surface area contributed by atoms with Gasteiger partial charge in [-0.15, -0.1) is 0 Å². The van der Waals surface area contributed by atoms with E-state index in [0.717, 1.165) is 58.4 Å². The fourth-order valence-corrected chi connectivity index (χ4v) is 4.67. The average Bonchev–Trinajstić information content (AvgIpc) is 3.43. The number of ether oxygens (including phenoxy) is 1. The zero-order valence-electron chi connectivity index (χ0n) is 15.6. The van der Waals surface area contributed by atoms with Gasteiger partial charge in [0.25, 0.3) is 0 Å². The molecule has 2 saturated heterocycles. The van der Waals surface area contributed by atoms with Crippen LogP contribution in [0.25, 0.3) is 10.9 Å². The second-order valence-electron chi connectivity index (χ2n) is 8.43. The average molecular weight is 386 g/mol. The van der Waals surface area contributed by atoms with Crippen molar-refractivity contribution in [1.29, 1.82) is 0 Å². The van der Waals surface area contributed by atoms with Gasteiger partial charge in [0.05, 0.1) is 17.8 Å². The number of rotatable bonds is 3. The Kier molecular flexibility index (Phi) is 3.98. The van der Waals surface area contributed by atoms with E-state index in [2.05, 4.69) is 0 Å². The Morgan fingerprint density at radius 2 is 1.96 bits per heavy atom. The zero-order valence-corrected chi connectivity index (χ0v) is 15.6. The van der Waals surface area contributed by atoms with Crippen molar-refractivity contribution >= 4 is 22.6 Å². The molecule has 148 valence electrons. The predicted octanol–water partition coefficient (Wildman–Crippen LogP) is 3.18. The van der Waals surface area contributed by atoms with Crippen LogP contribution in [0.5, 0.6) is 0 Å². The first-order valence-electron chi connectivity index (χ1n) is 9.92. The van der Waals surface area contributed by atoms with E-state index in [4.69, 9.17) is 4.74 Å². The Balaban J connectivity index is 1.57. The number of hydrogen-bond donors (Lipinski definition) is 1. The van der Waals surface area contributed by atoms with Crippen LogP contribution in [0.1, 0.15) is 48.5 Å². The van der Waals surface area contributed by atoms with E-state index in [-0.39, 0.29) is 22.4 Å². The van der Waals surface area contributed by atoms with Crippen LogP contribution < -0.4 is 10.3 Å². The lowest BCUT2D eigenvalue weighted by Crippen LogP contribution is -2.40. The first-order chi connectivity index (χ1) is 13.5. The number of anilines is 1. The molecule has 1 saturated carbocycles. The molecule has 1 aliphatic carbocycles. The highest BCUT2D eigenvalue weighted by Crippen LogP contribution is 2.42. The molecule has 0 radical (unpaired) electrons. The summed E-state index contributed by atoms with van der Waals surface area (Å²) in [5.41, 5.74) is 0.436. The van der Waals surface area contributed by atoms with Gasteiger partial charge >= 0.3 is 5.97 Å². The molecular weight excluding hydrogens is 363 g/mol. The number of aromatic nitrogens is 1. The second-order valence-corrected chi connectivity index (χ2v) is 8.43. The van der Waals surface area contributed by atoms with E-state index in [1.54, 1.807) is 6.07 Å². The number of fused-ring (bicyclic) bond motifs is 1. The van der Waals surface area contributed by atoms with Crippen LogP contribution in [0.4, 0.5) is 10.1 Å². The molecule has 5 rings (SSSR count). The smallest absolute Gasteiger partial charge is 0.341 e. The molecule has 6 nitrogen and oxygen atoms in total. The molecule has 2 aromatic rings. The third kappa shape index (κ3) is 2.80. The van der Waals surface area contributed by atoms with Crippen molar-refractivity contribution in [3.8, 4) is 0 Å². The molecule has 1 aromatic heterocycles. The number of nitrogens with zero attached hydrogens (tertiary/aromatic N) is 2. The molecule has 2 aliphatic heterocycles. The Labute approximate surface area is 161 Å². The summed E-state index contributed by atoms with van der Waals surface area (Å²) in [6.45, 7) is 3.11. The third-order valence-corrected chi connectivity index (χ3v) is 6.62. The first kappa shape index (κ1) is 17.7. The molecule has 7 heteroatoms. The van der Waals surface area contributed by atoms with Gasteiger partial charge in [-0.25, -0.2) is 9.18 Å². The molecule has 1 spiro atoms. The fraction of sp³-hybridized carbons (Fsp3) is 0.524. The minimum atomic E-state index is -1.27. The van der Waals surface area contributed by atoms with E-state index in [9.17, 15) is 19.1 Å². The lowest BCUT2D eigenvalue weighted by molar-refractivity contribution is 0.0695. The van der Waals surface area contributed by atoms with Crippen LogP contribution in [0.2, 0.25) is 0 Å². The number of carbonyl (C=O) groups is 1. The molecule has 1 N–H and O–H groups in total. The summed E-state index contributed by atoms with van der Waals surface area (Å²) in [7, 11) is 0. The minimum absolute atomic E-state index is 0.144. The maximum Gasteiger partial charge on any atom is 0.341 e. The number of piperidine rings is 1. The van der Waals surface area contributed by atoms with E-state index < -0.39 is 17.2 Å². The number of aromatic carboxylic acids is 1. The fourth-order valence-electron chi connectivity index (χ4n) is 4.67. The molecule has 1 aromatic carbocycles. The summed E-state index contributed by atoms with van der Waals surface area (Å²) in [5.74, 6) is -1.74. The van der Waals surface area contributed by atoms with Gasteiger partial charge in [0.15, 0.2) is 0 Å². The number of carboxylic acids is 1. The number of pyridine rings is 1. The summed E-state index contributed by atoms with van der Waals surface area (Å²) in [4.78, 5) is 26.1. The van der Waals surface area contributed by atoms with Crippen molar-refractivity contribution in [1.82, 2.24) is 4.57 Å². The summed E-state index contributed by atoms with van der Waals surface area (Å²) < 4.78 is 22.4. The van der Waals surface area contributed by atoms with Gasteiger partial charge < -0.3 is 19.3 Å². The Morgan fingerprint density at radius 3 is 2.57 bits per heavy atom. The molecule has 0 unspecified atom stereocenters. The standard InChI is InChI=1S/C21H23FN2O4/c22-16-9-14-17(24(13-1-2-13)11-15(19(14)25)20(26)27)10-18(16)23-6-3-21(4-7-23)5-8-28-12-21/h9-11,13H,1-8,12H2,(H,26,27). The van der Waals surface area contributed by atoms with Crippen LogP contribution in [0, 0.1) is 11.2 Å². The molecule has 3 aliphatic rings. The van der Waals surface area contributed by atoms with Crippen LogP contribution in [0.15, 0.2) is 23.1 Å². The highest BCUT2D eigenvalue weighted by atomic mass is 19.1. The largest absolute Gasteiger partial charge is 0.477 e. The van der Waals surface area contributed by atoms with Crippen LogP contribution in [0.3, 0.4) is 0 Å². The van der Waals surface area contributed by atoms with Crippen molar-refractivity contribution in [3.63, 3.8) is 0 Å². The first-order valence-corrected chi connectivity index (χ1v) is 9.92. The van der Waals surface area contributed by atoms with Crippen molar-refractivity contribution in [2.45, 2.75) is 38.1 Å². The molecule has 0 bridgehead atoms. The van der Waals surface area contributed by atoms with Gasteiger partial charge in [-0.05, 0) is 49.7 Å². The zero-order chi connectivity index (χ0) is 19.5. The summed E-state index contributed by atoms with van der Waals surface area (Å²) in [5, 5.41) is 9.50. The predicted molar refractivity (Wildman–Crippen MR) is 103 cm³/mol. The second kappa shape index (κ2) is 6.30. The van der Waals surface area contributed by atoms with Gasteiger partial charge in [0.1, 0.15) is 11.4 Å².